The van der Waals surface area contributed by atoms with Crippen molar-refractivity contribution in [2.45, 2.75) is 38.5 Å². The fraction of sp³-hybridized carbons (Fsp3) is 0.529. The molecule has 3 N–H and O–H groups in total. The van der Waals surface area contributed by atoms with Crippen LogP contribution < -0.4 is 4.74 Å². The summed E-state index contributed by atoms with van der Waals surface area (Å²) in [7, 11) is 0. The smallest absolute Gasteiger partial charge is 0.490 e. The first-order valence-electron chi connectivity index (χ1n) is 8.11. The maximum Gasteiger partial charge on any atom is 0.490 e. The number of carboxylic acid groups (broad SMARTS) is 1. The largest absolute Gasteiger partial charge is 0.493 e. The highest BCUT2D eigenvalue weighted by atomic mass is 19.4. The van der Waals surface area contributed by atoms with Crippen molar-refractivity contribution in [3.05, 3.63) is 29.8 Å². The summed E-state index contributed by atoms with van der Waals surface area (Å²) in [6.07, 6.45) is -7.99. The van der Waals surface area contributed by atoms with E-state index in [1.165, 1.54) is 18.2 Å². The summed E-state index contributed by atoms with van der Waals surface area (Å²) in [5, 5.41) is 24.0. The van der Waals surface area contributed by atoms with Crippen LogP contribution in [0.15, 0.2) is 24.3 Å². The predicted octanol–water partition coefficient (Wildman–Crippen LogP) is 4.54. The molecule has 0 spiro atoms. The van der Waals surface area contributed by atoms with Crippen molar-refractivity contribution in [1.82, 2.24) is 0 Å². The Hall–Kier alpha value is -2.30. The Kier molecular flexibility index (Phi) is 10.6. The number of halogens is 6. The molecule has 28 heavy (non-hydrogen) atoms. The van der Waals surface area contributed by atoms with Gasteiger partial charge in [0.2, 0.25) is 0 Å². The van der Waals surface area contributed by atoms with E-state index < -0.39 is 23.9 Å². The lowest BCUT2D eigenvalue weighted by molar-refractivity contribution is -0.192. The first-order chi connectivity index (χ1) is 12.8. The summed E-state index contributed by atoms with van der Waals surface area (Å²) in [6.45, 7) is 1.91. The topological polar surface area (TPSA) is 90.6 Å². The molecule has 0 heterocycles. The third-order valence-electron chi connectivity index (χ3n) is 3.49. The minimum atomic E-state index is -5.08. The van der Waals surface area contributed by atoms with Crippen molar-refractivity contribution >= 4 is 11.7 Å². The van der Waals surface area contributed by atoms with Gasteiger partial charge in [-0.05, 0) is 31.4 Å². The van der Waals surface area contributed by atoms with Crippen LogP contribution in [0.4, 0.5) is 26.3 Å². The van der Waals surface area contributed by atoms with Crippen molar-refractivity contribution in [3.8, 4) is 5.75 Å². The number of aliphatic carboxylic acids is 1. The molecular formula is C17H21F6NO4. The van der Waals surface area contributed by atoms with Crippen molar-refractivity contribution < 1.29 is 46.1 Å². The van der Waals surface area contributed by atoms with Crippen LogP contribution >= 0.6 is 0 Å². The molecule has 0 bridgehead atoms. The molecule has 0 aromatic heterocycles. The monoisotopic (exact) mass is 417 g/mol. The Labute approximate surface area is 157 Å². The molecule has 0 radical (unpaired) electrons. The number of nitrogens with one attached hydrogen (secondary N) is 1. The van der Waals surface area contributed by atoms with Gasteiger partial charge in [0.25, 0.3) is 0 Å². The van der Waals surface area contributed by atoms with Gasteiger partial charge < -0.3 is 20.4 Å². The van der Waals surface area contributed by atoms with Crippen molar-refractivity contribution in [3.63, 3.8) is 0 Å². The molecule has 0 aliphatic rings. The van der Waals surface area contributed by atoms with E-state index in [2.05, 4.69) is 0 Å². The quantitative estimate of drug-likeness (QED) is 0.329. The lowest BCUT2D eigenvalue weighted by Gasteiger charge is -2.15. The number of para-hydroxylation sites is 1. The molecule has 1 atom stereocenters. The molecule has 0 fully saturated rings. The van der Waals surface area contributed by atoms with Gasteiger partial charge in [-0.25, -0.2) is 4.79 Å². The van der Waals surface area contributed by atoms with Crippen LogP contribution in [-0.2, 0) is 11.0 Å². The predicted molar refractivity (Wildman–Crippen MR) is 88.5 cm³/mol. The molecule has 0 saturated heterocycles. The average Bonchev–Trinajstić information content (AvgIpc) is 2.59. The van der Waals surface area contributed by atoms with Crippen LogP contribution in [-0.4, -0.2) is 41.3 Å². The van der Waals surface area contributed by atoms with Gasteiger partial charge in [-0.15, -0.1) is 0 Å². The number of carboxylic acids is 1. The molecule has 1 aromatic carbocycles. The second kappa shape index (κ2) is 11.5. The summed E-state index contributed by atoms with van der Waals surface area (Å²) >= 11 is 0. The number of carbonyl (C=O) groups is 1. The minimum Gasteiger partial charge on any atom is -0.493 e. The van der Waals surface area contributed by atoms with E-state index >= 15 is 0 Å². The number of alkyl halides is 6. The molecule has 160 valence electrons. The van der Waals surface area contributed by atoms with E-state index in [9.17, 15) is 26.3 Å². The van der Waals surface area contributed by atoms with Gasteiger partial charge in [0.1, 0.15) is 5.75 Å². The Morgan fingerprint density at radius 1 is 1.18 bits per heavy atom. The van der Waals surface area contributed by atoms with Crippen LogP contribution in [0.2, 0.25) is 0 Å². The average molecular weight is 417 g/mol. The first kappa shape index (κ1) is 25.7. The summed E-state index contributed by atoms with van der Waals surface area (Å²) < 4.78 is 75.1. The summed E-state index contributed by atoms with van der Waals surface area (Å²) in [4.78, 5) is 8.90. The van der Waals surface area contributed by atoms with E-state index in [1.54, 1.807) is 0 Å². The van der Waals surface area contributed by atoms with Crippen molar-refractivity contribution in [2.75, 3.05) is 13.2 Å². The number of rotatable bonds is 8. The van der Waals surface area contributed by atoms with Gasteiger partial charge in [-0.3, -0.25) is 0 Å². The molecule has 0 amide bonds. The van der Waals surface area contributed by atoms with E-state index in [0.717, 1.165) is 6.07 Å². The number of ether oxygens (including phenoxy) is 1. The van der Waals surface area contributed by atoms with Crippen molar-refractivity contribution in [2.24, 2.45) is 5.92 Å². The second-order valence-electron chi connectivity index (χ2n) is 5.56. The molecule has 1 rings (SSSR count). The van der Waals surface area contributed by atoms with E-state index in [0.29, 0.717) is 25.0 Å². The number of benzene rings is 1. The van der Waals surface area contributed by atoms with Gasteiger partial charge in [-0.2, -0.15) is 26.3 Å². The zero-order chi connectivity index (χ0) is 22.0. The van der Waals surface area contributed by atoms with Crippen molar-refractivity contribution in [1.29, 1.82) is 5.41 Å². The Balaban J connectivity index is 0.000000887. The van der Waals surface area contributed by atoms with Crippen LogP contribution in [0.5, 0.6) is 5.75 Å². The molecule has 0 aliphatic carbocycles. The fourth-order valence-corrected chi connectivity index (χ4v) is 1.96. The van der Waals surface area contributed by atoms with Gasteiger partial charge >= 0.3 is 18.3 Å². The normalized spacial score (nSPS) is 12.6. The van der Waals surface area contributed by atoms with Gasteiger partial charge in [0.05, 0.1) is 18.8 Å². The Morgan fingerprint density at radius 2 is 1.71 bits per heavy atom. The van der Waals surface area contributed by atoms with E-state index in [-0.39, 0.29) is 24.9 Å². The van der Waals surface area contributed by atoms with Gasteiger partial charge in [0.15, 0.2) is 0 Å². The number of aliphatic hydroxyl groups excluding tert-OH is 1. The number of hydrogen-bond donors (Lipinski definition) is 3. The van der Waals surface area contributed by atoms with Crippen LogP contribution in [0.1, 0.15) is 31.7 Å². The third-order valence-corrected chi connectivity index (χ3v) is 3.49. The Morgan fingerprint density at radius 3 is 2.14 bits per heavy atom. The zero-order valence-corrected chi connectivity index (χ0v) is 14.9. The van der Waals surface area contributed by atoms with Gasteiger partial charge in [-0.1, -0.05) is 19.1 Å². The summed E-state index contributed by atoms with van der Waals surface area (Å²) in [5.41, 5.74) is -0.380. The molecule has 11 heteroatoms. The third kappa shape index (κ3) is 9.58. The minimum absolute atomic E-state index is 0.0763. The molecule has 1 aromatic rings. The standard InChI is InChI=1S/C15H20F3NO2.C2HF3O2/c1-2-11(10-20)13(19)7-5-9-21-14-8-4-3-6-12(14)15(16,17)18;3-2(4,5)1(6)7/h3-4,6,8,11,19-20H,2,5,7,9-10H2,1H3;(H,6,7)/t11-;/m1./s1. The molecule has 0 unspecified atom stereocenters. The highest BCUT2D eigenvalue weighted by Gasteiger charge is 2.38. The maximum absolute atomic E-state index is 12.7. The van der Waals surface area contributed by atoms with E-state index in [4.69, 9.17) is 25.2 Å². The van der Waals surface area contributed by atoms with Crippen LogP contribution in [0.25, 0.3) is 0 Å². The van der Waals surface area contributed by atoms with Crippen LogP contribution in [0.3, 0.4) is 0 Å². The fourth-order valence-electron chi connectivity index (χ4n) is 1.96. The number of hydrogen-bond acceptors (Lipinski definition) is 4. The van der Waals surface area contributed by atoms with Crippen LogP contribution in [0, 0.1) is 11.3 Å². The number of aliphatic hydroxyl groups is 1. The van der Waals surface area contributed by atoms with Gasteiger partial charge in [0, 0.05) is 11.6 Å². The second-order valence-corrected chi connectivity index (χ2v) is 5.56. The zero-order valence-electron chi connectivity index (χ0n) is 14.9. The summed E-state index contributed by atoms with van der Waals surface area (Å²) in [6, 6.07) is 5.08. The molecule has 0 saturated carbocycles. The SMILES string of the molecule is CC[C@H](CO)C(=N)CCCOc1ccccc1C(F)(F)F.O=C(O)C(F)(F)F. The molecular weight excluding hydrogens is 396 g/mol. The summed E-state index contributed by atoms with van der Waals surface area (Å²) in [5.74, 6) is -3.12. The molecule has 5 nitrogen and oxygen atoms in total. The van der Waals surface area contributed by atoms with E-state index in [1.807, 2.05) is 6.92 Å². The molecule has 0 aliphatic heterocycles. The highest BCUT2D eigenvalue weighted by Crippen LogP contribution is 2.35. The first-order valence-corrected chi connectivity index (χ1v) is 8.11. The Bertz CT molecular complexity index is 627. The lowest BCUT2D eigenvalue weighted by Crippen LogP contribution is -2.21. The highest BCUT2D eigenvalue weighted by molar-refractivity contribution is 5.83. The maximum atomic E-state index is 12.7. The lowest BCUT2D eigenvalue weighted by atomic mass is 9.98.